The van der Waals surface area contributed by atoms with E-state index in [1.54, 1.807) is 12.1 Å². The predicted molar refractivity (Wildman–Crippen MR) is 73.8 cm³/mol. The number of unbranched alkanes of at least 4 members (excludes halogenated alkanes) is 1. The third-order valence-corrected chi connectivity index (χ3v) is 2.93. The highest BCUT2D eigenvalue weighted by Gasteiger charge is 2.06. The van der Waals surface area contributed by atoms with Crippen LogP contribution in [0.3, 0.4) is 0 Å². The molecule has 2 aromatic rings. The lowest BCUT2D eigenvalue weighted by Gasteiger charge is -2.09. The van der Waals surface area contributed by atoms with Crippen LogP contribution in [0.5, 0.6) is 5.75 Å². The average molecular weight is 243 g/mol. The predicted octanol–water partition coefficient (Wildman–Crippen LogP) is 3.67. The lowest BCUT2D eigenvalue weighted by Crippen LogP contribution is -2.11. The van der Waals surface area contributed by atoms with Gasteiger partial charge in [0.15, 0.2) is 0 Å². The first-order valence-corrected chi connectivity index (χ1v) is 6.23. The lowest BCUT2D eigenvalue weighted by molar-refractivity contribution is -0.116. The van der Waals surface area contributed by atoms with E-state index in [2.05, 4.69) is 12.2 Å². The van der Waals surface area contributed by atoms with Crippen LogP contribution >= 0.6 is 0 Å². The number of carbonyl (C=O) groups is 1. The Balaban J connectivity index is 2.28. The third-order valence-electron chi connectivity index (χ3n) is 2.93. The van der Waals surface area contributed by atoms with Crippen molar-refractivity contribution < 1.29 is 9.90 Å². The lowest BCUT2D eigenvalue weighted by atomic mass is 10.1. The Bertz CT molecular complexity index is 563. The van der Waals surface area contributed by atoms with Gasteiger partial charge < -0.3 is 10.4 Å². The molecule has 0 heterocycles. The molecule has 1 amide bonds. The maximum atomic E-state index is 11.7. The highest BCUT2D eigenvalue weighted by molar-refractivity contribution is 6.03. The second-order valence-electron chi connectivity index (χ2n) is 4.33. The quantitative estimate of drug-likeness (QED) is 0.860. The van der Waals surface area contributed by atoms with Gasteiger partial charge in [-0.2, -0.15) is 0 Å². The average Bonchev–Trinajstić information content (AvgIpc) is 2.38. The zero-order valence-corrected chi connectivity index (χ0v) is 10.4. The normalized spacial score (nSPS) is 10.5. The van der Waals surface area contributed by atoms with Crippen molar-refractivity contribution in [2.75, 3.05) is 5.32 Å². The zero-order chi connectivity index (χ0) is 13.0. The number of phenolic OH excluding ortho intramolecular Hbond substituents is 1. The molecule has 0 aliphatic heterocycles. The number of rotatable bonds is 4. The fraction of sp³-hybridized carbons (Fsp3) is 0.267. The van der Waals surface area contributed by atoms with Crippen LogP contribution < -0.4 is 5.32 Å². The molecule has 0 fully saturated rings. The van der Waals surface area contributed by atoms with Gasteiger partial charge in [0.05, 0.1) is 0 Å². The molecule has 0 saturated heterocycles. The number of hydrogen-bond acceptors (Lipinski definition) is 2. The largest absolute Gasteiger partial charge is 0.507 e. The van der Waals surface area contributed by atoms with Gasteiger partial charge in [0.25, 0.3) is 0 Å². The molecular weight excluding hydrogens is 226 g/mol. The highest BCUT2D eigenvalue weighted by Crippen LogP contribution is 2.29. The van der Waals surface area contributed by atoms with Crippen molar-refractivity contribution in [2.24, 2.45) is 0 Å². The van der Waals surface area contributed by atoms with Crippen LogP contribution in [0.1, 0.15) is 26.2 Å². The fourth-order valence-corrected chi connectivity index (χ4v) is 1.95. The molecule has 0 radical (unpaired) electrons. The van der Waals surface area contributed by atoms with Crippen LogP contribution in [0.15, 0.2) is 36.4 Å². The molecule has 0 aliphatic carbocycles. The van der Waals surface area contributed by atoms with Gasteiger partial charge in [-0.05, 0) is 18.6 Å². The minimum atomic E-state index is 0.0210. The Morgan fingerprint density at radius 3 is 2.67 bits per heavy atom. The fourth-order valence-electron chi connectivity index (χ4n) is 1.95. The summed E-state index contributed by atoms with van der Waals surface area (Å²) in [6.07, 6.45) is 2.43. The minimum absolute atomic E-state index is 0.0210. The summed E-state index contributed by atoms with van der Waals surface area (Å²) in [5, 5.41) is 14.3. The first-order valence-electron chi connectivity index (χ1n) is 6.23. The van der Waals surface area contributed by atoms with E-state index in [1.165, 1.54) is 0 Å². The van der Waals surface area contributed by atoms with Gasteiger partial charge in [0, 0.05) is 22.9 Å². The van der Waals surface area contributed by atoms with Crippen LogP contribution in [0, 0.1) is 0 Å². The van der Waals surface area contributed by atoms with Gasteiger partial charge >= 0.3 is 0 Å². The number of benzene rings is 2. The molecule has 0 saturated carbocycles. The summed E-state index contributed by atoms with van der Waals surface area (Å²) in [6, 6.07) is 10.8. The summed E-state index contributed by atoms with van der Waals surface area (Å²) < 4.78 is 0. The number of hydrogen-bond donors (Lipinski definition) is 2. The molecule has 3 nitrogen and oxygen atoms in total. The van der Waals surface area contributed by atoms with Crippen LogP contribution in [0.4, 0.5) is 5.69 Å². The number of carbonyl (C=O) groups excluding carboxylic acids is 1. The van der Waals surface area contributed by atoms with Gasteiger partial charge in [-0.25, -0.2) is 0 Å². The molecule has 0 unspecified atom stereocenters. The monoisotopic (exact) mass is 243 g/mol. The molecule has 0 aromatic heterocycles. The highest BCUT2D eigenvalue weighted by atomic mass is 16.3. The van der Waals surface area contributed by atoms with Crippen molar-refractivity contribution in [3.63, 3.8) is 0 Å². The first kappa shape index (κ1) is 12.4. The Morgan fingerprint density at radius 1 is 1.17 bits per heavy atom. The van der Waals surface area contributed by atoms with Crippen molar-refractivity contribution in [1.82, 2.24) is 0 Å². The van der Waals surface area contributed by atoms with E-state index in [-0.39, 0.29) is 11.7 Å². The summed E-state index contributed by atoms with van der Waals surface area (Å²) in [7, 11) is 0. The summed E-state index contributed by atoms with van der Waals surface area (Å²) in [5.41, 5.74) is 0.754. The molecule has 2 N–H and O–H groups in total. The number of phenols is 1. The Labute approximate surface area is 106 Å². The number of amides is 1. The van der Waals surface area contributed by atoms with E-state index >= 15 is 0 Å². The van der Waals surface area contributed by atoms with E-state index in [0.717, 1.165) is 29.3 Å². The number of anilines is 1. The van der Waals surface area contributed by atoms with Crippen molar-refractivity contribution in [2.45, 2.75) is 26.2 Å². The summed E-state index contributed by atoms with van der Waals surface area (Å²) in [5.74, 6) is 0.254. The van der Waals surface area contributed by atoms with E-state index in [9.17, 15) is 9.90 Å². The molecule has 0 bridgehead atoms. The van der Waals surface area contributed by atoms with Gasteiger partial charge in [-0.3, -0.25) is 4.79 Å². The second-order valence-corrected chi connectivity index (χ2v) is 4.33. The molecular formula is C15H17NO2. The summed E-state index contributed by atoms with van der Waals surface area (Å²) in [6.45, 7) is 2.06. The molecule has 2 rings (SSSR count). The van der Waals surface area contributed by atoms with E-state index in [4.69, 9.17) is 0 Å². The van der Waals surface area contributed by atoms with Crippen LogP contribution in [-0.4, -0.2) is 11.0 Å². The molecule has 0 aliphatic rings. The van der Waals surface area contributed by atoms with E-state index in [1.807, 2.05) is 24.3 Å². The van der Waals surface area contributed by atoms with E-state index in [0.29, 0.717) is 6.42 Å². The molecule has 0 atom stereocenters. The maximum absolute atomic E-state index is 11.7. The molecule has 0 spiro atoms. The number of fused-ring (bicyclic) bond motifs is 1. The van der Waals surface area contributed by atoms with Gasteiger partial charge in [0.1, 0.15) is 5.75 Å². The minimum Gasteiger partial charge on any atom is -0.507 e. The van der Waals surface area contributed by atoms with Gasteiger partial charge in [0.2, 0.25) is 5.91 Å². The molecule has 2 aromatic carbocycles. The molecule has 18 heavy (non-hydrogen) atoms. The summed E-state index contributed by atoms with van der Waals surface area (Å²) >= 11 is 0. The van der Waals surface area contributed by atoms with Crippen molar-refractivity contribution in [1.29, 1.82) is 0 Å². The number of aromatic hydroxyl groups is 1. The number of nitrogens with one attached hydrogen (secondary N) is 1. The van der Waals surface area contributed by atoms with Crippen LogP contribution in [0.25, 0.3) is 10.8 Å². The SMILES string of the molecule is CCCCC(=O)Nc1cccc2c(O)cccc12. The first-order chi connectivity index (χ1) is 8.72. The van der Waals surface area contributed by atoms with Crippen molar-refractivity contribution in [3.05, 3.63) is 36.4 Å². The van der Waals surface area contributed by atoms with Crippen molar-refractivity contribution >= 4 is 22.4 Å². The third kappa shape index (κ3) is 2.62. The van der Waals surface area contributed by atoms with Gasteiger partial charge in [-0.15, -0.1) is 0 Å². The topological polar surface area (TPSA) is 49.3 Å². The zero-order valence-electron chi connectivity index (χ0n) is 10.4. The van der Waals surface area contributed by atoms with Crippen LogP contribution in [-0.2, 0) is 4.79 Å². The Kier molecular flexibility index (Phi) is 3.82. The standard InChI is InChI=1S/C15H17NO2/c1-2-3-10-15(18)16-13-8-4-7-12-11(13)6-5-9-14(12)17/h4-9,17H,2-3,10H2,1H3,(H,16,18). The summed E-state index contributed by atoms with van der Waals surface area (Å²) in [4.78, 5) is 11.7. The molecule has 3 heteroatoms. The van der Waals surface area contributed by atoms with Crippen LogP contribution in [0.2, 0.25) is 0 Å². The smallest absolute Gasteiger partial charge is 0.224 e. The molecule has 94 valence electrons. The maximum Gasteiger partial charge on any atom is 0.224 e. The van der Waals surface area contributed by atoms with Crippen molar-refractivity contribution in [3.8, 4) is 5.75 Å². The second kappa shape index (κ2) is 5.54. The Morgan fingerprint density at radius 2 is 1.89 bits per heavy atom. The van der Waals surface area contributed by atoms with E-state index < -0.39 is 0 Å². The Hall–Kier alpha value is -2.03. The van der Waals surface area contributed by atoms with Gasteiger partial charge in [-0.1, -0.05) is 37.6 Å².